The Balaban J connectivity index is 1.41. The number of rotatable bonds is 7. The van der Waals surface area contributed by atoms with E-state index in [2.05, 4.69) is 15.5 Å². The van der Waals surface area contributed by atoms with E-state index in [1.165, 1.54) is 0 Å². The summed E-state index contributed by atoms with van der Waals surface area (Å²) in [5.74, 6) is 0.471. The van der Waals surface area contributed by atoms with Gasteiger partial charge in [0.1, 0.15) is 5.75 Å². The molecule has 0 bridgehead atoms. The van der Waals surface area contributed by atoms with Crippen molar-refractivity contribution < 1.29 is 14.3 Å². The van der Waals surface area contributed by atoms with Gasteiger partial charge in [-0.2, -0.15) is 10.2 Å². The summed E-state index contributed by atoms with van der Waals surface area (Å²) >= 11 is 0. The first-order chi connectivity index (χ1) is 17.6. The Morgan fingerprint density at radius 2 is 1.94 bits per heavy atom. The number of carbonyl (C=O) groups excluding carboxylic acids is 2. The van der Waals surface area contributed by atoms with Crippen LogP contribution in [0.5, 0.6) is 5.75 Å². The lowest BCUT2D eigenvalue weighted by Gasteiger charge is -2.28. The predicted octanol–water partition coefficient (Wildman–Crippen LogP) is 3.07. The molecular formula is C27H28N6O3. The van der Waals surface area contributed by atoms with E-state index >= 15 is 0 Å². The van der Waals surface area contributed by atoms with E-state index in [-0.39, 0.29) is 11.8 Å². The molecule has 1 aliphatic rings. The minimum atomic E-state index is -0.226. The van der Waals surface area contributed by atoms with Crippen molar-refractivity contribution in [3.8, 4) is 11.4 Å². The van der Waals surface area contributed by atoms with Crippen LogP contribution < -0.4 is 10.1 Å². The highest BCUT2D eigenvalue weighted by Gasteiger charge is 2.30. The zero-order chi connectivity index (χ0) is 25.1. The lowest BCUT2D eigenvalue weighted by atomic mass is 10.0. The van der Waals surface area contributed by atoms with Crippen LogP contribution in [0.2, 0.25) is 0 Å². The molecule has 0 fully saturated rings. The number of ether oxygens (including phenoxy) is 1. The lowest BCUT2D eigenvalue weighted by Crippen LogP contribution is -2.37. The molecule has 184 valence electrons. The van der Waals surface area contributed by atoms with Gasteiger partial charge in [-0.1, -0.05) is 12.1 Å². The number of carbonyl (C=O) groups is 2. The molecule has 0 saturated heterocycles. The minimum absolute atomic E-state index is 0.0740. The van der Waals surface area contributed by atoms with Crippen molar-refractivity contribution in [1.29, 1.82) is 0 Å². The fraction of sp³-hybridized carbons (Fsp3) is 0.259. The summed E-state index contributed by atoms with van der Waals surface area (Å²) in [6, 6.07) is 17.0. The van der Waals surface area contributed by atoms with E-state index in [9.17, 15) is 9.59 Å². The Bertz CT molecular complexity index is 1380. The van der Waals surface area contributed by atoms with Crippen LogP contribution in [-0.2, 0) is 19.5 Å². The van der Waals surface area contributed by atoms with Gasteiger partial charge in [0, 0.05) is 48.7 Å². The van der Waals surface area contributed by atoms with Crippen molar-refractivity contribution in [2.75, 3.05) is 20.2 Å². The Hall–Kier alpha value is -4.40. The highest BCUT2D eigenvalue weighted by molar-refractivity contribution is 5.96. The second kappa shape index (κ2) is 10.1. The van der Waals surface area contributed by atoms with Gasteiger partial charge in [-0.3, -0.25) is 14.3 Å². The highest BCUT2D eigenvalue weighted by atomic mass is 16.5. The summed E-state index contributed by atoms with van der Waals surface area (Å²) in [6.45, 7) is 3.77. The Kier molecular flexibility index (Phi) is 6.53. The first-order valence-electron chi connectivity index (χ1n) is 12.0. The number of methoxy groups -OCH3 is 1. The topological polar surface area (TPSA) is 94.3 Å². The number of nitrogens with zero attached hydrogens (tertiary/aromatic N) is 5. The van der Waals surface area contributed by atoms with Crippen LogP contribution in [0.3, 0.4) is 0 Å². The fourth-order valence-electron chi connectivity index (χ4n) is 4.53. The zero-order valence-electron chi connectivity index (χ0n) is 20.3. The van der Waals surface area contributed by atoms with E-state index in [0.717, 1.165) is 28.3 Å². The van der Waals surface area contributed by atoms with Crippen molar-refractivity contribution in [1.82, 2.24) is 29.8 Å². The maximum atomic E-state index is 13.3. The van der Waals surface area contributed by atoms with E-state index < -0.39 is 0 Å². The molecule has 0 aliphatic carbocycles. The predicted molar refractivity (Wildman–Crippen MR) is 134 cm³/mol. The number of benzene rings is 2. The fourth-order valence-corrected chi connectivity index (χ4v) is 4.53. The SMILES string of the molecule is CCNC(=O)c1nn(Cc2cccc(OC)c2)c2c1CN(C(=O)c1ccc(-n3cccn3)cc1)CC2. The van der Waals surface area contributed by atoms with Gasteiger partial charge in [-0.15, -0.1) is 0 Å². The normalized spacial score (nSPS) is 12.8. The number of hydrogen-bond donors (Lipinski definition) is 1. The number of nitrogens with one attached hydrogen (secondary N) is 1. The van der Waals surface area contributed by atoms with Crippen molar-refractivity contribution in [2.45, 2.75) is 26.4 Å². The van der Waals surface area contributed by atoms with Crippen molar-refractivity contribution in [3.05, 3.63) is 95.1 Å². The highest BCUT2D eigenvalue weighted by Crippen LogP contribution is 2.26. The van der Waals surface area contributed by atoms with E-state index in [0.29, 0.717) is 43.9 Å². The Morgan fingerprint density at radius 1 is 1.11 bits per heavy atom. The summed E-state index contributed by atoms with van der Waals surface area (Å²) in [7, 11) is 1.64. The number of fused-ring (bicyclic) bond motifs is 1. The molecule has 0 atom stereocenters. The molecule has 1 aliphatic heterocycles. The van der Waals surface area contributed by atoms with Crippen LogP contribution in [0, 0.1) is 0 Å². The quantitative estimate of drug-likeness (QED) is 0.435. The summed E-state index contributed by atoms with van der Waals surface area (Å²) in [5, 5.41) is 11.8. The smallest absolute Gasteiger partial charge is 0.272 e. The van der Waals surface area contributed by atoms with Gasteiger partial charge in [0.25, 0.3) is 11.8 Å². The largest absolute Gasteiger partial charge is 0.497 e. The molecular weight excluding hydrogens is 456 g/mol. The number of aromatic nitrogens is 4. The maximum absolute atomic E-state index is 13.3. The third-order valence-electron chi connectivity index (χ3n) is 6.32. The molecule has 2 aromatic heterocycles. The summed E-state index contributed by atoms with van der Waals surface area (Å²) in [6.07, 6.45) is 4.18. The Labute approximate surface area is 209 Å². The molecule has 3 heterocycles. The van der Waals surface area contributed by atoms with E-state index in [1.807, 2.05) is 72.4 Å². The van der Waals surface area contributed by atoms with Gasteiger partial charge >= 0.3 is 0 Å². The molecule has 9 nitrogen and oxygen atoms in total. The standard InChI is InChI=1S/C27H28N6O3/c1-3-28-26(34)25-23-18-31(27(35)20-8-10-21(11-9-20)32-14-5-13-29-32)15-12-24(23)33(30-25)17-19-6-4-7-22(16-19)36-2/h4-11,13-14,16H,3,12,15,17-18H2,1-2H3,(H,28,34). The third kappa shape index (κ3) is 4.59. The van der Waals surface area contributed by atoms with Gasteiger partial charge in [-0.25, -0.2) is 4.68 Å². The van der Waals surface area contributed by atoms with Crippen LogP contribution >= 0.6 is 0 Å². The summed E-state index contributed by atoms with van der Waals surface area (Å²) in [5.41, 5.74) is 4.67. The zero-order valence-corrected chi connectivity index (χ0v) is 20.3. The van der Waals surface area contributed by atoms with Gasteiger partial charge < -0.3 is 15.0 Å². The van der Waals surface area contributed by atoms with Crippen LogP contribution in [0.4, 0.5) is 0 Å². The number of amides is 2. The lowest BCUT2D eigenvalue weighted by molar-refractivity contribution is 0.0730. The first kappa shape index (κ1) is 23.3. The van der Waals surface area contributed by atoms with Gasteiger partial charge in [0.2, 0.25) is 0 Å². The van der Waals surface area contributed by atoms with Crippen molar-refractivity contribution in [3.63, 3.8) is 0 Å². The monoisotopic (exact) mass is 484 g/mol. The first-order valence-corrected chi connectivity index (χ1v) is 12.0. The molecule has 0 radical (unpaired) electrons. The van der Waals surface area contributed by atoms with Crippen molar-refractivity contribution >= 4 is 11.8 Å². The molecule has 2 aromatic carbocycles. The van der Waals surface area contributed by atoms with Crippen LogP contribution in [0.1, 0.15) is 44.6 Å². The number of hydrogen-bond acceptors (Lipinski definition) is 5. The molecule has 1 N–H and O–H groups in total. The van der Waals surface area contributed by atoms with Crippen molar-refractivity contribution in [2.24, 2.45) is 0 Å². The van der Waals surface area contributed by atoms with Crippen LogP contribution in [0.15, 0.2) is 67.0 Å². The molecule has 5 rings (SSSR count). The molecule has 2 amide bonds. The summed E-state index contributed by atoms with van der Waals surface area (Å²) < 4.78 is 8.98. The van der Waals surface area contributed by atoms with Crippen LogP contribution in [0.25, 0.3) is 5.69 Å². The van der Waals surface area contributed by atoms with E-state index in [4.69, 9.17) is 4.74 Å². The average Bonchev–Trinajstić information content (AvgIpc) is 3.57. The molecule has 0 spiro atoms. The molecule has 9 heteroatoms. The minimum Gasteiger partial charge on any atom is -0.497 e. The average molecular weight is 485 g/mol. The van der Waals surface area contributed by atoms with Gasteiger partial charge in [-0.05, 0) is 55.0 Å². The second-order valence-electron chi connectivity index (χ2n) is 8.62. The van der Waals surface area contributed by atoms with E-state index in [1.54, 1.807) is 22.9 Å². The molecule has 0 unspecified atom stereocenters. The summed E-state index contributed by atoms with van der Waals surface area (Å²) in [4.78, 5) is 28.0. The Morgan fingerprint density at radius 3 is 2.67 bits per heavy atom. The van der Waals surface area contributed by atoms with Crippen LogP contribution in [-0.4, -0.2) is 56.5 Å². The third-order valence-corrected chi connectivity index (χ3v) is 6.32. The second-order valence-corrected chi connectivity index (χ2v) is 8.62. The van der Waals surface area contributed by atoms with Gasteiger partial charge in [0.15, 0.2) is 5.69 Å². The van der Waals surface area contributed by atoms with Gasteiger partial charge in [0.05, 0.1) is 25.9 Å². The maximum Gasteiger partial charge on any atom is 0.272 e. The molecule has 0 saturated carbocycles. The molecule has 4 aromatic rings. The molecule has 36 heavy (non-hydrogen) atoms.